The first-order chi connectivity index (χ1) is 13.0. The van der Waals surface area contributed by atoms with Gasteiger partial charge in [-0.15, -0.1) is 0 Å². The van der Waals surface area contributed by atoms with E-state index in [-0.39, 0.29) is 23.8 Å². The highest BCUT2D eigenvalue weighted by atomic mass is 16.3. The van der Waals surface area contributed by atoms with Crippen LogP contribution in [-0.4, -0.2) is 41.9 Å². The maximum Gasteiger partial charge on any atom is 0.237 e. The highest BCUT2D eigenvalue weighted by Crippen LogP contribution is 2.24. The molecule has 2 N–H and O–H groups in total. The Kier molecular flexibility index (Phi) is 6.94. The smallest absolute Gasteiger partial charge is 0.237 e. The Labute approximate surface area is 162 Å². The number of furan rings is 1. The van der Waals surface area contributed by atoms with Crippen LogP contribution in [0.15, 0.2) is 22.8 Å². The largest absolute Gasteiger partial charge is 0.467 e. The number of carbonyl (C=O) groups excluding carboxylic acids is 2. The van der Waals surface area contributed by atoms with Crippen molar-refractivity contribution in [2.75, 3.05) is 13.1 Å². The highest BCUT2D eigenvalue weighted by molar-refractivity contribution is 5.82. The molecule has 3 rings (SSSR count). The fraction of sp³-hybridized carbons (Fsp3) is 0.714. The molecular weight excluding hydrogens is 342 g/mol. The number of nitrogens with zero attached hydrogens (tertiary/aromatic N) is 1. The van der Waals surface area contributed by atoms with Gasteiger partial charge in [0.25, 0.3) is 0 Å². The average Bonchev–Trinajstić information content (AvgIpc) is 3.21. The third-order valence-electron chi connectivity index (χ3n) is 6.28. The van der Waals surface area contributed by atoms with E-state index in [2.05, 4.69) is 22.5 Å². The summed E-state index contributed by atoms with van der Waals surface area (Å²) >= 11 is 0. The van der Waals surface area contributed by atoms with Crippen LogP contribution in [-0.2, 0) is 16.1 Å². The summed E-state index contributed by atoms with van der Waals surface area (Å²) in [5.41, 5.74) is 0. The maximum absolute atomic E-state index is 12.7. The number of amides is 2. The molecule has 1 saturated heterocycles. The Morgan fingerprint density at radius 3 is 2.63 bits per heavy atom. The molecule has 6 heteroatoms. The molecule has 0 bridgehead atoms. The molecule has 1 saturated carbocycles. The maximum atomic E-state index is 12.7. The van der Waals surface area contributed by atoms with Gasteiger partial charge in [-0.2, -0.15) is 0 Å². The standard InChI is InChI=1S/C21H33N3O3/c1-15-6-3-4-8-19(15)23-20(25)16(2)24-11-9-17(10-12-24)21(26)22-14-18-7-5-13-27-18/h5,7,13,15-17,19H,3-4,6,8-12,14H2,1-2H3,(H,22,26)(H,23,25). The molecule has 1 aliphatic carbocycles. The fourth-order valence-electron chi connectivity index (χ4n) is 4.28. The lowest BCUT2D eigenvalue weighted by Crippen LogP contribution is -2.52. The van der Waals surface area contributed by atoms with E-state index in [9.17, 15) is 9.59 Å². The second-order valence-electron chi connectivity index (χ2n) is 8.16. The molecule has 1 aromatic rings. The molecule has 1 aliphatic heterocycles. The van der Waals surface area contributed by atoms with E-state index in [0.29, 0.717) is 18.5 Å². The number of likely N-dealkylation sites (tertiary alicyclic amines) is 1. The van der Waals surface area contributed by atoms with E-state index < -0.39 is 0 Å². The topological polar surface area (TPSA) is 74.6 Å². The number of hydrogen-bond donors (Lipinski definition) is 2. The zero-order valence-electron chi connectivity index (χ0n) is 16.6. The molecule has 3 atom stereocenters. The van der Waals surface area contributed by atoms with Crippen molar-refractivity contribution in [3.63, 3.8) is 0 Å². The molecule has 2 heterocycles. The van der Waals surface area contributed by atoms with Crippen LogP contribution in [0.5, 0.6) is 0 Å². The van der Waals surface area contributed by atoms with Gasteiger partial charge in [0.2, 0.25) is 11.8 Å². The lowest BCUT2D eigenvalue weighted by molar-refractivity contribution is -0.129. The quantitative estimate of drug-likeness (QED) is 0.802. The number of nitrogens with one attached hydrogen (secondary N) is 2. The minimum Gasteiger partial charge on any atom is -0.467 e. The van der Waals surface area contributed by atoms with Crippen LogP contribution in [0.2, 0.25) is 0 Å². The van der Waals surface area contributed by atoms with Gasteiger partial charge in [0.05, 0.1) is 18.8 Å². The number of piperidine rings is 1. The summed E-state index contributed by atoms with van der Waals surface area (Å²) in [7, 11) is 0. The van der Waals surface area contributed by atoms with Crippen LogP contribution in [0.1, 0.15) is 58.1 Å². The van der Waals surface area contributed by atoms with Crippen molar-refractivity contribution in [2.24, 2.45) is 11.8 Å². The molecule has 6 nitrogen and oxygen atoms in total. The van der Waals surface area contributed by atoms with Gasteiger partial charge in [-0.1, -0.05) is 19.8 Å². The Hall–Kier alpha value is -1.82. The average molecular weight is 376 g/mol. The highest BCUT2D eigenvalue weighted by Gasteiger charge is 2.31. The second kappa shape index (κ2) is 9.40. The van der Waals surface area contributed by atoms with Crippen molar-refractivity contribution in [3.8, 4) is 0 Å². The molecule has 0 spiro atoms. The van der Waals surface area contributed by atoms with Gasteiger partial charge in [-0.25, -0.2) is 0 Å². The van der Waals surface area contributed by atoms with Crippen LogP contribution in [0, 0.1) is 11.8 Å². The molecular formula is C21H33N3O3. The molecule has 2 fully saturated rings. The first kappa shape index (κ1) is 19.9. The number of carbonyl (C=O) groups is 2. The van der Waals surface area contributed by atoms with Gasteiger partial charge < -0.3 is 15.1 Å². The first-order valence-corrected chi connectivity index (χ1v) is 10.4. The van der Waals surface area contributed by atoms with Crippen molar-refractivity contribution < 1.29 is 14.0 Å². The summed E-state index contributed by atoms with van der Waals surface area (Å²) in [6, 6.07) is 3.86. The molecule has 3 unspecified atom stereocenters. The zero-order chi connectivity index (χ0) is 19.2. The van der Waals surface area contributed by atoms with E-state index in [4.69, 9.17) is 4.42 Å². The van der Waals surface area contributed by atoms with Crippen molar-refractivity contribution >= 4 is 11.8 Å². The lowest BCUT2D eigenvalue weighted by atomic mass is 9.86. The number of rotatable bonds is 6. The monoisotopic (exact) mass is 375 g/mol. The molecule has 150 valence electrons. The summed E-state index contributed by atoms with van der Waals surface area (Å²) in [5, 5.41) is 6.22. The van der Waals surface area contributed by atoms with Crippen LogP contribution in [0.25, 0.3) is 0 Å². The third kappa shape index (κ3) is 5.34. The van der Waals surface area contributed by atoms with E-state index in [0.717, 1.165) is 38.1 Å². The fourth-order valence-corrected chi connectivity index (χ4v) is 4.28. The molecule has 27 heavy (non-hydrogen) atoms. The normalized spacial score (nSPS) is 25.7. The molecule has 2 amide bonds. The van der Waals surface area contributed by atoms with E-state index in [1.54, 1.807) is 6.26 Å². The van der Waals surface area contributed by atoms with Gasteiger partial charge in [-0.05, 0) is 63.7 Å². The van der Waals surface area contributed by atoms with Gasteiger partial charge in [0.1, 0.15) is 5.76 Å². The summed E-state index contributed by atoms with van der Waals surface area (Å²) < 4.78 is 5.25. The Bertz CT molecular complexity index is 608. The Morgan fingerprint density at radius 2 is 1.96 bits per heavy atom. The first-order valence-electron chi connectivity index (χ1n) is 10.4. The summed E-state index contributed by atoms with van der Waals surface area (Å²) in [5.74, 6) is 1.57. The van der Waals surface area contributed by atoms with E-state index >= 15 is 0 Å². The lowest BCUT2D eigenvalue weighted by Gasteiger charge is -2.36. The molecule has 0 radical (unpaired) electrons. The van der Waals surface area contributed by atoms with E-state index in [1.807, 2.05) is 19.1 Å². The Morgan fingerprint density at radius 1 is 1.22 bits per heavy atom. The minimum atomic E-state index is -0.133. The predicted octanol–water partition coefficient (Wildman–Crippen LogP) is 2.69. The predicted molar refractivity (Wildman–Crippen MR) is 104 cm³/mol. The van der Waals surface area contributed by atoms with Crippen molar-refractivity contribution in [1.29, 1.82) is 0 Å². The van der Waals surface area contributed by atoms with Crippen molar-refractivity contribution in [1.82, 2.24) is 15.5 Å². The van der Waals surface area contributed by atoms with Crippen LogP contribution in [0.3, 0.4) is 0 Å². The zero-order valence-corrected chi connectivity index (χ0v) is 16.6. The molecule has 1 aromatic heterocycles. The molecule has 0 aromatic carbocycles. The van der Waals surface area contributed by atoms with Crippen molar-refractivity contribution in [2.45, 2.75) is 71.0 Å². The number of hydrogen-bond acceptors (Lipinski definition) is 4. The SMILES string of the molecule is CC1CCCCC1NC(=O)C(C)N1CCC(C(=O)NCc2ccco2)CC1. The van der Waals surface area contributed by atoms with Gasteiger partial charge in [0.15, 0.2) is 0 Å². The molecule has 2 aliphatic rings. The minimum absolute atomic E-state index is 0.0184. The van der Waals surface area contributed by atoms with Gasteiger partial charge >= 0.3 is 0 Å². The third-order valence-corrected chi connectivity index (χ3v) is 6.28. The van der Waals surface area contributed by atoms with Gasteiger partial charge in [-0.3, -0.25) is 14.5 Å². The second-order valence-corrected chi connectivity index (χ2v) is 8.16. The van der Waals surface area contributed by atoms with Crippen LogP contribution >= 0.6 is 0 Å². The van der Waals surface area contributed by atoms with Crippen LogP contribution < -0.4 is 10.6 Å². The Balaban J connectivity index is 1.41. The van der Waals surface area contributed by atoms with E-state index in [1.165, 1.54) is 19.3 Å². The van der Waals surface area contributed by atoms with Crippen LogP contribution in [0.4, 0.5) is 0 Å². The summed E-state index contributed by atoms with van der Waals surface area (Å²) in [4.78, 5) is 27.2. The summed E-state index contributed by atoms with van der Waals surface area (Å²) in [6.45, 7) is 6.23. The van der Waals surface area contributed by atoms with Gasteiger partial charge in [0, 0.05) is 12.0 Å². The summed E-state index contributed by atoms with van der Waals surface area (Å²) in [6.07, 6.45) is 7.99. The van der Waals surface area contributed by atoms with Crippen molar-refractivity contribution in [3.05, 3.63) is 24.2 Å².